The lowest BCUT2D eigenvalue weighted by atomic mass is 10.1. The average molecular weight is 428 g/mol. The molecule has 0 aromatic rings. The van der Waals surface area contributed by atoms with E-state index in [1.807, 2.05) is 0 Å². The van der Waals surface area contributed by atoms with Gasteiger partial charge in [-0.25, -0.2) is 0 Å². The Kier molecular flexibility index (Phi) is 5.99. The molecule has 0 aromatic carbocycles. The monoisotopic (exact) mass is 428 g/mol. The summed E-state index contributed by atoms with van der Waals surface area (Å²) in [5.41, 5.74) is 0. The molecule has 154 valence electrons. The first-order valence-electron chi connectivity index (χ1n) is 5.17. The minimum atomic E-state index is -7.25. The van der Waals surface area contributed by atoms with Crippen LogP contribution in [0.25, 0.3) is 0 Å². The molecular formula is C8F16N2. The van der Waals surface area contributed by atoms with E-state index in [0.29, 0.717) is 0 Å². The Labute approximate surface area is 130 Å². The lowest BCUT2D eigenvalue weighted by Crippen LogP contribution is -2.55. The summed E-state index contributed by atoms with van der Waals surface area (Å²) in [5, 5.41) is 1.58. The molecular weight excluding hydrogens is 428 g/mol. The van der Waals surface area contributed by atoms with Gasteiger partial charge in [0, 0.05) is 0 Å². The molecule has 0 saturated carbocycles. The number of hydrogen-bond acceptors (Lipinski definition) is 2. The van der Waals surface area contributed by atoms with Crippen molar-refractivity contribution in [3.05, 3.63) is 0 Å². The van der Waals surface area contributed by atoms with Crippen molar-refractivity contribution in [3.63, 3.8) is 0 Å². The maximum Gasteiger partial charge on any atom is 0.460 e. The molecule has 0 aliphatic heterocycles. The van der Waals surface area contributed by atoms with E-state index in [1.165, 1.54) is 0 Å². The molecule has 0 atom stereocenters. The lowest BCUT2D eigenvalue weighted by molar-refractivity contribution is -0.338. The van der Waals surface area contributed by atoms with Crippen molar-refractivity contribution in [2.75, 3.05) is 0 Å². The van der Waals surface area contributed by atoms with Gasteiger partial charge in [-0.15, -0.1) is 10.2 Å². The van der Waals surface area contributed by atoms with Crippen LogP contribution >= 0.6 is 0 Å². The highest BCUT2D eigenvalue weighted by molar-refractivity contribution is 5.87. The molecule has 26 heavy (non-hydrogen) atoms. The zero-order valence-electron chi connectivity index (χ0n) is 10.9. The first-order chi connectivity index (χ1) is 11.0. The van der Waals surface area contributed by atoms with E-state index >= 15 is 0 Å². The highest BCUT2D eigenvalue weighted by Crippen LogP contribution is 2.48. The number of alkyl halides is 14. The van der Waals surface area contributed by atoms with Gasteiger partial charge >= 0.3 is 36.0 Å². The summed E-state index contributed by atoms with van der Waals surface area (Å²) in [6.07, 6.45) is -14.3. The Hall–Kier alpha value is -1.78. The summed E-state index contributed by atoms with van der Waals surface area (Å²) in [5.74, 6) is -37.1. The fraction of sp³-hybridized carbons (Fsp3) is 0.750. The summed E-state index contributed by atoms with van der Waals surface area (Å²) in [6, 6.07) is 0. The summed E-state index contributed by atoms with van der Waals surface area (Å²) in [6.45, 7) is 0. The topological polar surface area (TPSA) is 24.7 Å². The molecule has 0 radical (unpaired) electrons. The standard InChI is InChI=1S/C8F16N2/c9-1(3(11,12)5(15,16)7(19,20)21)25-26-2(10)4(13,14)6(17,18)8(22,23)24. The summed E-state index contributed by atoms with van der Waals surface area (Å²) in [4.78, 5) is 0. The lowest BCUT2D eigenvalue weighted by Gasteiger charge is -2.26. The molecule has 0 aliphatic carbocycles. The van der Waals surface area contributed by atoms with Crippen LogP contribution < -0.4 is 0 Å². The number of rotatable bonds is 5. The fourth-order valence-electron chi connectivity index (χ4n) is 0.829. The predicted octanol–water partition coefficient (Wildman–Crippen LogP) is 5.30. The highest BCUT2D eigenvalue weighted by Gasteiger charge is 2.77. The molecule has 0 unspecified atom stereocenters. The van der Waals surface area contributed by atoms with Gasteiger partial charge in [0.25, 0.3) is 11.9 Å². The molecule has 0 bridgehead atoms. The largest absolute Gasteiger partial charge is 0.460 e. The van der Waals surface area contributed by atoms with Crippen LogP contribution in [-0.4, -0.2) is 48.0 Å². The SMILES string of the molecule is FC(=NN=C(F)C(F)(F)C(F)(F)C(F)(F)F)C(F)(F)C(F)(F)C(F)(F)F. The summed E-state index contributed by atoms with van der Waals surface area (Å²) < 4.78 is 195. The van der Waals surface area contributed by atoms with Gasteiger partial charge < -0.3 is 0 Å². The molecule has 0 fully saturated rings. The highest BCUT2D eigenvalue weighted by atomic mass is 19.4. The van der Waals surface area contributed by atoms with Crippen molar-refractivity contribution in [1.29, 1.82) is 0 Å². The van der Waals surface area contributed by atoms with Gasteiger partial charge in [-0.1, -0.05) is 0 Å². The third-order valence-electron chi connectivity index (χ3n) is 2.24. The van der Waals surface area contributed by atoms with Gasteiger partial charge in [0.15, 0.2) is 0 Å². The molecule has 18 heteroatoms. The first-order valence-corrected chi connectivity index (χ1v) is 5.17. The Bertz CT molecular complexity index is 526. The summed E-state index contributed by atoms with van der Waals surface area (Å²) >= 11 is 0. The third-order valence-corrected chi connectivity index (χ3v) is 2.24. The van der Waals surface area contributed by atoms with Crippen molar-refractivity contribution in [3.8, 4) is 0 Å². The van der Waals surface area contributed by atoms with Crippen molar-refractivity contribution >= 4 is 11.9 Å². The first kappa shape index (κ1) is 24.2. The third kappa shape index (κ3) is 3.81. The molecule has 2 nitrogen and oxygen atoms in total. The zero-order chi connectivity index (χ0) is 21.6. The minimum Gasteiger partial charge on any atom is -0.189 e. The maximum atomic E-state index is 12.6. The maximum absolute atomic E-state index is 12.6. The molecule has 0 N–H and O–H groups in total. The van der Waals surface area contributed by atoms with Crippen LogP contribution in [0, 0.1) is 0 Å². The van der Waals surface area contributed by atoms with Crippen LogP contribution in [0.5, 0.6) is 0 Å². The predicted molar refractivity (Wildman–Crippen MR) is 49.0 cm³/mol. The molecule has 0 aliphatic rings. The fourth-order valence-corrected chi connectivity index (χ4v) is 0.829. The van der Waals surface area contributed by atoms with Gasteiger partial charge in [0.1, 0.15) is 0 Å². The smallest absolute Gasteiger partial charge is 0.189 e. The second kappa shape index (κ2) is 6.43. The van der Waals surface area contributed by atoms with E-state index in [1.54, 1.807) is 0 Å². The number of nitrogens with zero attached hydrogens (tertiary/aromatic N) is 2. The Balaban J connectivity index is 5.98. The second-order valence-corrected chi connectivity index (χ2v) is 4.07. The van der Waals surface area contributed by atoms with Crippen molar-refractivity contribution < 1.29 is 70.2 Å². The second-order valence-electron chi connectivity index (χ2n) is 4.07. The average Bonchev–Trinajstić information content (AvgIpc) is 2.40. The number of halogens is 16. The van der Waals surface area contributed by atoms with Crippen LogP contribution in [0.15, 0.2) is 10.2 Å². The quantitative estimate of drug-likeness (QED) is 0.323. The molecule has 0 spiro atoms. The van der Waals surface area contributed by atoms with E-state index in [2.05, 4.69) is 0 Å². The molecule has 0 aromatic heterocycles. The van der Waals surface area contributed by atoms with Crippen molar-refractivity contribution in [2.24, 2.45) is 10.2 Å². The molecule has 0 rings (SSSR count). The van der Waals surface area contributed by atoms with E-state index in [0.717, 1.165) is 10.2 Å². The number of hydrogen-bond donors (Lipinski definition) is 0. The van der Waals surface area contributed by atoms with E-state index in [-0.39, 0.29) is 0 Å². The van der Waals surface area contributed by atoms with Crippen LogP contribution in [-0.2, 0) is 0 Å². The zero-order valence-corrected chi connectivity index (χ0v) is 10.9. The normalized spacial score (nSPS) is 16.9. The van der Waals surface area contributed by atoms with Crippen LogP contribution in [0.4, 0.5) is 70.2 Å². The Morgan fingerprint density at radius 2 is 0.615 bits per heavy atom. The van der Waals surface area contributed by atoms with Gasteiger partial charge in [0.2, 0.25) is 0 Å². The van der Waals surface area contributed by atoms with E-state index in [9.17, 15) is 70.2 Å². The van der Waals surface area contributed by atoms with Gasteiger partial charge in [0.05, 0.1) is 0 Å². The van der Waals surface area contributed by atoms with E-state index < -0.39 is 48.0 Å². The Morgan fingerprint density at radius 1 is 0.423 bits per heavy atom. The van der Waals surface area contributed by atoms with Gasteiger partial charge in [-0.3, -0.25) is 0 Å². The van der Waals surface area contributed by atoms with Crippen molar-refractivity contribution in [2.45, 2.75) is 36.0 Å². The van der Waals surface area contributed by atoms with Gasteiger partial charge in [-0.2, -0.15) is 70.2 Å². The van der Waals surface area contributed by atoms with Gasteiger partial charge in [-0.05, 0) is 0 Å². The van der Waals surface area contributed by atoms with E-state index in [4.69, 9.17) is 0 Å². The summed E-state index contributed by atoms with van der Waals surface area (Å²) in [7, 11) is 0. The van der Waals surface area contributed by atoms with Crippen LogP contribution in [0.1, 0.15) is 0 Å². The van der Waals surface area contributed by atoms with Crippen LogP contribution in [0.2, 0.25) is 0 Å². The molecule has 0 amide bonds. The molecule has 0 heterocycles. The Morgan fingerprint density at radius 3 is 0.769 bits per heavy atom. The minimum absolute atomic E-state index is 0.790. The van der Waals surface area contributed by atoms with Crippen LogP contribution in [0.3, 0.4) is 0 Å². The van der Waals surface area contributed by atoms with Crippen molar-refractivity contribution in [1.82, 2.24) is 0 Å². The molecule has 0 saturated heterocycles.